The van der Waals surface area contributed by atoms with Gasteiger partial charge in [-0.15, -0.1) is 0 Å². The van der Waals surface area contributed by atoms with Crippen LogP contribution in [0.15, 0.2) is 16.5 Å². The van der Waals surface area contributed by atoms with Gasteiger partial charge in [0.1, 0.15) is 4.92 Å². The van der Waals surface area contributed by atoms with Gasteiger partial charge in [0.25, 0.3) is 5.91 Å². The smallest absolute Gasteiger partial charge is 0.395 e. The molecule has 0 saturated carbocycles. The van der Waals surface area contributed by atoms with Crippen molar-refractivity contribution in [2.45, 2.75) is 32.7 Å². The van der Waals surface area contributed by atoms with E-state index in [9.17, 15) is 14.9 Å². The van der Waals surface area contributed by atoms with Gasteiger partial charge in [-0.3, -0.25) is 14.9 Å². The number of nitrogens with one attached hydrogen (secondary N) is 1. The molecule has 1 amide bonds. The van der Waals surface area contributed by atoms with Crippen molar-refractivity contribution in [3.63, 3.8) is 0 Å². The fourth-order valence-corrected chi connectivity index (χ4v) is 1.01. The molecule has 6 nitrogen and oxygen atoms in total. The molecule has 1 rings (SSSR count). The fourth-order valence-electron chi connectivity index (χ4n) is 1.01. The summed E-state index contributed by atoms with van der Waals surface area (Å²) in [5.74, 6) is -0.923. The molecule has 0 atom stereocenters. The summed E-state index contributed by atoms with van der Waals surface area (Å²) in [6, 6.07) is 2.45. The summed E-state index contributed by atoms with van der Waals surface area (Å²) in [6.07, 6.45) is 0.752. The van der Waals surface area contributed by atoms with Crippen LogP contribution in [0.1, 0.15) is 37.7 Å². The van der Waals surface area contributed by atoms with E-state index in [2.05, 4.69) is 5.32 Å². The van der Waals surface area contributed by atoms with Crippen molar-refractivity contribution in [2.24, 2.45) is 0 Å². The molecule has 0 aliphatic heterocycles. The Morgan fingerprint density at radius 2 is 2.19 bits per heavy atom. The second kappa shape index (κ2) is 4.34. The highest BCUT2D eigenvalue weighted by atomic mass is 16.6. The summed E-state index contributed by atoms with van der Waals surface area (Å²) < 4.78 is 4.79. The first-order valence-electron chi connectivity index (χ1n) is 4.92. The van der Waals surface area contributed by atoms with Crippen molar-refractivity contribution in [1.82, 2.24) is 5.32 Å². The predicted molar refractivity (Wildman–Crippen MR) is 57.2 cm³/mol. The van der Waals surface area contributed by atoms with E-state index in [4.69, 9.17) is 4.42 Å². The average molecular weight is 226 g/mol. The van der Waals surface area contributed by atoms with E-state index in [1.54, 1.807) is 0 Å². The average Bonchev–Trinajstić information content (AvgIpc) is 2.66. The summed E-state index contributed by atoms with van der Waals surface area (Å²) >= 11 is 0. The highest BCUT2D eigenvalue weighted by Crippen LogP contribution is 2.16. The largest absolute Gasteiger partial charge is 0.433 e. The Kier molecular flexibility index (Phi) is 3.31. The quantitative estimate of drug-likeness (QED) is 0.629. The van der Waals surface area contributed by atoms with Crippen LogP contribution in [0.3, 0.4) is 0 Å². The van der Waals surface area contributed by atoms with E-state index < -0.39 is 16.7 Å². The van der Waals surface area contributed by atoms with Crippen molar-refractivity contribution in [2.75, 3.05) is 0 Å². The molecule has 88 valence electrons. The van der Waals surface area contributed by atoms with E-state index in [1.807, 2.05) is 20.8 Å². The van der Waals surface area contributed by atoms with E-state index in [1.165, 1.54) is 6.07 Å². The lowest BCUT2D eigenvalue weighted by Gasteiger charge is -2.23. The van der Waals surface area contributed by atoms with Crippen LogP contribution in [0.2, 0.25) is 0 Å². The first-order valence-corrected chi connectivity index (χ1v) is 4.92. The Hall–Kier alpha value is -1.85. The number of amides is 1. The molecule has 0 saturated heterocycles. The molecule has 0 bridgehead atoms. The van der Waals surface area contributed by atoms with E-state index >= 15 is 0 Å². The Labute approximate surface area is 92.8 Å². The normalized spacial score (nSPS) is 11.2. The molecule has 0 spiro atoms. The summed E-state index contributed by atoms with van der Waals surface area (Å²) in [4.78, 5) is 21.3. The summed E-state index contributed by atoms with van der Waals surface area (Å²) in [5.41, 5.74) is -0.362. The third-order valence-electron chi connectivity index (χ3n) is 2.33. The van der Waals surface area contributed by atoms with Gasteiger partial charge in [0, 0.05) is 5.54 Å². The molecule has 1 aromatic rings. The zero-order chi connectivity index (χ0) is 12.3. The SMILES string of the molecule is CCC(C)(C)NC(=O)c1ccc([N+](=O)[O-])o1. The maximum absolute atomic E-state index is 11.6. The van der Waals surface area contributed by atoms with Crippen LogP contribution < -0.4 is 5.32 Å². The molecule has 0 unspecified atom stereocenters. The van der Waals surface area contributed by atoms with Crippen molar-refractivity contribution < 1.29 is 14.1 Å². The molecule has 0 aromatic carbocycles. The Morgan fingerprint density at radius 3 is 2.62 bits per heavy atom. The second-order valence-corrected chi connectivity index (χ2v) is 4.09. The van der Waals surface area contributed by atoms with Crippen LogP contribution in [0.5, 0.6) is 0 Å². The molecule has 1 aromatic heterocycles. The van der Waals surface area contributed by atoms with Crippen LogP contribution >= 0.6 is 0 Å². The van der Waals surface area contributed by atoms with Crippen molar-refractivity contribution in [1.29, 1.82) is 0 Å². The number of hydrogen-bond acceptors (Lipinski definition) is 4. The van der Waals surface area contributed by atoms with Gasteiger partial charge < -0.3 is 9.73 Å². The summed E-state index contributed by atoms with van der Waals surface area (Å²) in [7, 11) is 0. The molecular formula is C10H14N2O4. The van der Waals surface area contributed by atoms with Gasteiger partial charge in [0.2, 0.25) is 0 Å². The minimum absolute atomic E-state index is 0.0479. The third-order valence-corrected chi connectivity index (χ3v) is 2.33. The zero-order valence-corrected chi connectivity index (χ0v) is 9.44. The first kappa shape index (κ1) is 12.2. The van der Waals surface area contributed by atoms with E-state index in [0.717, 1.165) is 12.5 Å². The molecule has 0 radical (unpaired) electrons. The summed E-state index contributed by atoms with van der Waals surface area (Å²) in [5, 5.41) is 13.1. The highest BCUT2D eigenvalue weighted by molar-refractivity contribution is 5.92. The maximum atomic E-state index is 11.6. The Balaban J connectivity index is 2.77. The molecule has 0 aliphatic rings. The molecular weight excluding hydrogens is 212 g/mol. The van der Waals surface area contributed by atoms with Gasteiger partial charge in [-0.2, -0.15) is 0 Å². The summed E-state index contributed by atoms with van der Waals surface area (Å²) in [6.45, 7) is 5.66. The van der Waals surface area contributed by atoms with Gasteiger partial charge >= 0.3 is 5.88 Å². The maximum Gasteiger partial charge on any atom is 0.433 e. The lowest BCUT2D eigenvalue weighted by atomic mass is 10.0. The van der Waals surface area contributed by atoms with Crippen molar-refractivity contribution in [3.05, 3.63) is 28.0 Å². The second-order valence-electron chi connectivity index (χ2n) is 4.09. The lowest BCUT2D eigenvalue weighted by molar-refractivity contribution is -0.402. The van der Waals surface area contributed by atoms with Gasteiger partial charge in [0.15, 0.2) is 5.76 Å². The standard InChI is InChI=1S/C10H14N2O4/c1-4-10(2,3)11-9(13)7-5-6-8(16-7)12(14)15/h5-6H,4H2,1-3H3,(H,11,13). The van der Waals surface area contributed by atoms with Gasteiger partial charge in [-0.1, -0.05) is 6.92 Å². The monoisotopic (exact) mass is 226 g/mol. The number of carbonyl (C=O) groups is 1. The first-order chi connectivity index (χ1) is 7.35. The van der Waals surface area contributed by atoms with Crippen LogP contribution in [0.25, 0.3) is 0 Å². The predicted octanol–water partition coefficient (Wildman–Crippen LogP) is 2.11. The molecule has 6 heteroatoms. The molecule has 0 fully saturated rings. The highest BCUT2D eigenvalue weighted by Gasteiger charge is 2.22. The Bertz CT molecular complexity index is 409. The number of rotatable bonds is 4. The van der Waals surface area contributed by atoms with Gasteiger partial charge in [-0.05, 0) is 26.3 Å². The zero-order valence-electron chi connectivity index (χ0n) is 9.44. The molecule has 16 heavy (non-hydrogen) atoms. The van der Waals surface area contributed by atoms with Crippen LogP contribution in [0, 0.1) is 10.1 Å². The van der Waals surface area contributed by atoms with Crippen LogP contribution in [-0.4, -0.2) is 16.4 Å². The Morgan fingerprint density at radius 1 is 1.56 bits per heavy atom. The minimum Gasteiger partial charge on any atom is -0.395 e. The fraction of sp³-hybridized carbons (Fsp3) is 0.500. The van der Waals surface area contributed by atoms with Gasteiger partial charge in [0.05, 0.1) is 6.07 Å². The number of carbonyl (C=O) groups excluding carboxylic acids is 1. The molecule has 0 aliphatic carbocycles. The van der Waals surface area contributed by atoms with Gasteiger partial charge in [-0.25, -0.2) is 0 Å². The molecule has 1 heterocycles. The van der Waals surface area contributed by atoms with E-state index in [0.29, 0.717) is 0 Å². The minimum atomic E-state index is -0.679. The number of nitrogens with zero attached hydrogens (tertiary/aromatic N) is 1. The third kappa shape index (κ3) is 2.82. The topological polar surface area (TPSA) is 85.4 Å². The number of furan rings is 1. The van der Waals surface area contributed by atoms with Crippen LogP contribution in [-0.2, 0) is 0 Å². The molecule has 1 N–H and O–H groups in total. The van der Waals surface area contributed by atoms with Crippen LogP contribution in [0.4, 0.5) is 5.88 Å². The van der Waals surface area contributed by atoms with E-state index in [-0.39, 0.29) is 11.3 Å². The lowest BCUT2D eigenvalue weighted by Crippen LogP contribution is -2.42. The number of nitro groups is 1. The van der Waals surface area contributed by atoms with Crippen molar-refractivity contribution in [3.8, 4) is 0 Å². The number of hydrogen-bond donors (Lipinski definition) is 1. The van der Waals surface area contributed by atoms with Crippen molar-refractivity contribution >= 4 is 11.8 Å².